The van der Waals surface area contributed by atoms with E-state index in [2.05, 4.69) is 21.2 Å². The number of nitrogens with one attached hydrogen (secondary N) is 1. The third kappa shape index (κ3) is 3.15. The highest BCUT2D eigenvalue weighted by molar-refractivity contribution is 9.10. The van der Waals surface area contributed by atoms with Crippen LogP contribution in [0.1, 0.15) is 20.9 Å². The zero-order valence-corrected chi connectivity index (χ0v) is 11.8. The highest BCUT2D eigenvalue weighted by Gasteiger charge is 2.12. The van der Waals surface area contributed by atoms with E-state index >= 15 is 0 Å². The first-order valence-electron chi connectivity index (χ1n) is 5.13. The summed E-state index contributed by atoms with van der Waals surface area (Å²) in [6, 6.07) is 7.55. The minimum Gasteiger partial charge on any atom is -0.444 e. The third-order valence-electron chi connectivity index (χ3n) is 2.29. The summed E-state index contributed by atoms with van der Waals surface area (Å²) in [4.78, 5) is 22.8. The lowest BCUT2D eigenvalue weighted by atomic mass is 10.2. The van der Waals surface area contributed by atoms with Crippen LogP contribution < -0.4 is 11.1 Å². The van der Waals surface area contributed by atoms with Gasteiger partial charge in [-0.15, -0.1) is 0 Å². The Kier molecular flexibility index (Phi) is 3.92. The second-order valence-electron chi connectivity index (χ2n) is 3.62. The van der Waals surface area contributed by atoms with E-state index in [1.807, 2.05) is 0 Å². The summed E-state index contributed by atoms with van der Waals surface area (Å²) in [5.41, 5.74) is 5.76. The summed E-state index contributed by atoms with van der Waals surface area (Å²) in [6.45, 7) is 0. The Morgan fingerprint density at radius 1 is 1.26 bits per heavy atom. The van der Waals surface area contributed by atoms with Gasteiger partial charge in [-0.3, -0.25) is 9.59 Å². The summed E-state index contributed by atoms with van der Waals surface area (Å²) < 4.78 is 5.57. The van der Waals surface area contributed by atoms with Crippen molar-refractivity contribution in [3.8, 4) is 0 Å². The molecule has 0 aliphatic carbocycles. The standard InChI is InChI=1S/C12H8BrClN2O3/c13-10-4-3-9(19-10)12(18)16-6-1-2-7(11(15)17)8(14)5-6/h1-5H,(H2,15,17)(H,16,18). The molecule has 1 aromatic heterocycles. The van der Waals surface area contributed by atoms with E-state index in [1.165, 1.54) is 24.3 Å². The quantitative estimate of drug-likeness (QED) is 0.898. The predicted molar refractivity (Wildman–Crippen MR) is 74.3 cm³/mol. The van der Waals surface area contributed by atoms with Crippen molar-refractivity contribution in [3.63, 3.8) is 0 Å². The van der Waals surface area contributed by atoms with E-state index in [0.717, 1.165) is 0 Å². The molecule has 2 aromatic rings. The van der Waals surface area contributed by atoms with Crippen LogP contribution in [0.4, 0.5) is 5.69 Å². The van der Waals surface area contributed by atoms with Crippen LogP contribution in [-0.4, -0.2) is 11.8 Å². The summed E-state index contributed by atoms with van der Waals surface area (Å²) in [5.74, 6) is -0.895. The largest absolute Gasteiger partial charge is 0.444 e. The number of carbonyl (C=O) groups is 2. The van der Waals surface area contributed by atoms with Crippen LogP contribution in [0.15, 0.2) is 39.4 Å². The van der Waals surface area contributed by atoms with Crippen LogP contribution in [0.2, 0.25) is 5.02 Å². The maximum Gasteiger partial charge on any atom is 0.291 e. The van der Waals surface area contributed by atoms with Crippen LogP contribution in [0.25, 0.3) is 0 Å². The molecule has 2 amide bonds. The molecule has 3 N–H and O–H groups in total. The number of rotatable bonds is 3. The number of anilines is 1. The summed E-state index contributed by atoms with van der Waals surface area (Å²) in [7, 11) is 0. The average molecular weight is 344 g/mol. The molecule has 0 aliphatic rings. The lowest BCUT2D eigenvalue weighted by Crippen LogP contribution is -2.13. The fraction of sp³-hybridized carbons (Fsp3) is 0. The van der Waals surface area contributed by atoms with Crippen molar-refractivity contribution in [2.45, 2.75) is 0 Å². The molecule has 0 fully saturated rings. The van der Waals surface area contributed by atoms with Gasteiger partial charge in [0.25, 0.3) is 5.91 Å². The van der Waals surface area contributed by atoms with Crippen molar-refractivity contribution in [2.75, 3.05) is 5.32 Å². The van der Waals surface area contributed by atoms with E-state index in [-0.39, 0.29) is 16.3 Å². The first-order chi connectivity index (χ1) is 8.97. The normalized spacial score (nSPS) is 10.2. The molecule has 0 spiro atoms. The van der Waals surface area contributed by atoms with E-state index in [9.17, 15) is 9.59 Å². The van der Waals surface area contributed by atoms with E-state index in [1.54, 1.807) is 6.07 Å². The number of furan rings is 1. The molecule has 0 saturated carbocycles. The van der Waals surface area contributed by atoms with Gasteiger partial charge in [0, 0.05) is 5.69 Å². The molecule has 1 aromatic carbocycles. The first-order valence-corrected chi connectivity index (χ1v) is 6.30. The highest BCUT2D eigenvalue weighted by atomic mass is 79.9. The number of halogens is 2. The summed E-state index contributed by atoms with van der Waals surface area (Å²) in [5, 5.41) is 2.76. The fourth-order valence-electron chi connectivity index (χ4n) is 1.42. The lowest BCUT2D eigenvalue weighted by Gasteiger charge is -2.05. The maximum atomic E-state index is 11.8. The van der Waals surface area contributed by atoms with Crippen molar-refractivity contribution in [1.82, 2.24) is 0 Å². The van der Waals surface area contributed by atoms with Crippen molar-refractivity contribution in [3.05, 3.63) is 51.3 Å². The molecule has 0 bridgehead atoms. The fourth-order valence-corrected chi connectivity index (χ4v) is 2.00. The van der Waals surface area contributed by atoms with Crippen LogP contribution >= 0.6 is 27.5 Å². The number of carbonyl (C=O) groups excluding carboxylic acids is 2. The summed E-state index contributed by atoms with van der Waals surface area (Å²) >= 11 is 8.98. The zero-order chi connectivity index (χ0) is 14.0. The second kappa shape index (κ2) is 5.46. The smallest absolute Gasteiger partial charge is 0.291 e. The molecule has 7 heteroatoms. The van der Waals surface area contributed by atoms with Crippen LogP contribution in [0, 0.1) is 0 Å². The number of amides is 2. The minimum atomic E-state index is -0.627. The van der Waals surface area contributed by atoms with Gasteiger partial charge in [-0.25, -0.2) is 0 Å². The predicted octanol–water partition coefficient (Wildman–Crippen LogP) is 3.05. The average Bonchev–Trinajstić information content (AvgIpc) is 2.75. The van der Waals surface area contributed by atoms with Crippen molar-refractivity contribution in [1.29, 1.82) is 0 Å². The Hall–Kier alpha value is -1.79. The van der Waals surface area contributed by atoms with Crippen molar-refractivity contribution in [2.24, 2.45) is 5.73 Å². The van der Waals surface area contributed by atoms with Gasteiger partial charge < -0.3 is 15.5 Å². The number of benzene rings is 1. The molecule has 5 nitrogen and oxygen atoms in total. The molecule has 0 saturated heterocycles. The van der Waals surface area contributed by atoms with Gasteiger partial charge in [-0.2, -0.15) is 0 Å². The van der Waals surface area contributed by atoms with Gasteiger partial charge in [0.2, 0.25) is 5.91 Å². The van der Waals surface area contributed by atoms with Crippen molar-refractivity contribution >= 4 is 45.0 Å². The van der Waals surface area contributed by atoms with Gasteiger partial charge in [0.15, 0.2) is 10.4 Å². The van der Waals surface area contributed by atoms with Gasteiger partial charge in [0.1, 0.15) is 0 Å². The molecule has 0 aliphatic heterocycles. The van der Waals surface area contributed by atoms with Gasteiger partial charge in [0.05, 0.1) is 10.6 Å². The minimum absolute atomic E-state index is 0.155. The van der Waals surface area contributed by atoms with E-state index < -0.39 is 11.8 Å². The second-order valence-corrected chi connectivity index (χ2v) is 4.81. The van der Waals surface area contributed by atoms with Crippen molar-refractivity contribution < 1.29 is 14.0 Å². The molecule has 2 rings (SSSR count). The molecule has 0 atom stereocenters. The number of primary amides is 1. The van der Waals surface area contributed by atoms with Crippen LogP contribution in [0.3, 0.4) is 0 Å². The van der Waals surface area contributed by atoms with E-state index in [0.29, 0.717) is 10.4 Å². The van der Waals surface area contributed by atoms with Gasteiger partial charge >= 0.3 is 0 Å². The van der Waals surface area contributed by atoms with Gasteiger partial charge in [-0.1, -0.05) is 11.6 Å². The van der Waals surface area contributed by atoms with Gasteiger partial charge in [-0.05, 0) is 46.3 Å². The molecule has 98 valence electrons. The first kappa shape index (κ1) is 13.6. The maximum absolute atomic E-state index is 11.8. The number of hydrogen-bond acceptors (Lipinski definition) is 3. The Morgan fingerprint density at radius 2 is 2.00 bits per heavy atom. The Balaban J connectivity index is 2.18. The van der Waals surface area contributed by atoms with E-state index in [4.69, 9.17) is 21.8 Å². The molecule has 1 heterocycles. The third-order valence-corrected chi connectivity index (χ3v) is 3.03. The molecule has 0 radical (unpaired) electrons. The molecule has 0 unspecified atom stereocenters. The lowest BCUT2D eigenvalue weighted by molar-refractivity contribution is 0.0990. The monoisotopic (exact) mass is 342 g/mol. The zero-order valence-electron chi connectivity index (χ0n) is 9.44. The Morgan fingerprint density at radius 3 is 2.53 bits per heavy atom. The Labute approximate surface area is 121 Å². The highest BCUT2D eigenvalue weighted by Crippen LogP contribution is 2.22. The SMILES string of the molecule is NC(=O)c1ccc(NC(=O)c2ccc(Br)o2)cc1Cl. The summed E-state index contributed by atoms with van der Waals surface area (Å²) in [6.07, 6.45) is 0. The van der Waals surface area contributed by atoms with Crippen LogP contribution in [0.5, 0.6) is 0 Å². The number of nitrogens with two attached hydrogens (primary N) is 1. The Bertz CT molecular complexity index is 654. The van der Waals surface area contributed by atoms with Crippen LogP contribution in [-0.2, 0) is 0 Å². The number of hydrogen-bond donors (Lipinski definition) is 2. The molecular formula is C12H8BrClN2O3. The molecule has 19 heavy (non-hydrogen) atoms. The molecular weight excluding hydrogens is 336 g/mol. The topological polar surface area (TPSA) is 85.3 Å².